The van der Waals surface area contributed by atoms with Gasteiger partial charge in [0.25, 0.3) is 0 Å². The molecule has 0 aromatic rings. The van der Waals surface area contributed by atoms with Gasteiger partial charge in [-0.05, 0) is 12.5 Å². The SMILES string of the molecule is CC(=O)N1C(=O)N(C(C)=O)[C@H]2OC(C#N)=CC[C@H]21. The van der Waals surface area contributed by atoms with Gasteiger partial charge in [0, 0.05) is 13.8 Å². The van der Waals surface area contributed by atoms with E-state index in [9.17, 15) is 14.4 Å². The predicted molar refractivity (Wildman–Crippen MR) is 57.4 cm³/mol. The topological polar surface area (TPSA) is 90.7 Å². The number of fused-ring (bicyclic) bond motifs is 1. The molecule has 2 aliphatic rings. The molecule has 1 saturated heterocycles. The van der Waals surface area contributed by atoms with Crippen LogP contribution >= 0.6 is 0 Å². The Hall–Kier alpha value is -2.36. The van der Waals surface area contributed by atoms with Crippen LogP contribution in [0.15, 0.2) is 11.8 Å². The van der Waals surface area contributed by atoms with Crippen molar-refractivity contribution in [2.45, 2.75) is 32.5 Å². The van der Waals surface area contributed by atoms with E-state index in [0.717, 1.165) is 9.80 Å². The summed E-state index contributed by atoms with van der Waals surface area (Å²) in [7, 11) is 0. The number of hydrogen-bond donors (Lipinski definition) is 0. The number of hydrogen-bond acceptors (Lipinski definition) is 5. The van der Waals surface area contributed by atoms with Crippen molar-refractivity contribution in [2.75, 3.05) is 0 Å². The summed E-state index contributed by atoms with van der Waals surface area (Å²) in [5.41, 5.74) is 0. The van der Waals surface area contributed by atoms with Crippen LogP contribution in [0.5, 0.6) is 0 Å². The molecule has 7 nitrogen and oxygen atoms in total. The molecule has 94 valence electrons. The Bertz CT molecular complexity index is 505. The Labute approximate surface area is 103 Å². The molecule has 4 amide bonds. The van der Waals surface area contributed by atoms with Gasteiger partial charge >= 0.3 is 6.03 Å². The van der Waals surface area contributed by atoms with Gasteiger partial charge in [0.15, 0.2) is 5.76 Å². The van der Waals surface area contributed by atoms with Crippen molar-refractivity contribution < 1.29 is 19.1 Å². The molecule has 7 heteroatoms. The maximum atomic E-state index is 12.0. The van der Waals surface area contributed by atoms with Gasteiger partial charge in [-0.2, -0.15) is 5.26 Å². The van der Waals surface area contributed by atoms with Crippen LogP contribution in [-0.4, -0.2) is 39.9 Å². The van der Waals surface area contributed by atoms with E-state index in [1.807, 2.05) is 6.07 Å². The number of nitriles is 1. The zero-order valence-electron chi connectivity index (χ0n) is 9.91. The van der Waals surface area contributed by atoms with Crippen molar-refractivity contribution in [3.63, 3.8) is 0 Å². The summed E-state index contributed by atoms with van der Waals surface area (Å²) in [5.74, 6) is -0.908. The van der Waals surface area contributed by atoms with Crippen LogP contribution in [0.4, 0.5) is 4.79 Å². The van der Waals surface area contributed by atoms with E-state index in [2.05, 4.69) is 0 Å². The van der Waals surface area contributed by atoms with Crippen LogP contribution in [0.2, 0.25) is 0 Å². The van der Waals surface area contributed by atoms with E-state index in [1.165, 1.54) is 19.9 Å². The highest BCUT2D eigenvalue weighted by Crippen LogP contribution is 2.31. The summed E-state index contributed by atoms with van der Waals surface area (Å²) < 4.78 is 5.27. The van der Waals surface area contributed by atoms with Gasteiger partial charge in [-0.1, -0.05) is 0 Å². The Kier molecular flexibility index (Phi) is 2.79. The number of nitrogens with zero attached hydrogens (tertiary/aromatic N) is 3. The van der Waals surface area contributed by atoms with Gasteiger partial charge in [0.1, 0.15) is 12.1 Å². The number of rotatable bonds is 0. The van der Waals surface area contributed by atoms with Crippen molar-refractivity contribution in [1.29, 1.82) is 5.26 Å². The monoisotopic (exact) mass is 249 g/mol. The first-order chi connectivity index (χ1) is 8.47. The number of carbonyl (C=O) groups excluding carboxylic acids is 3. The van der Waals surface area contributed by atoms with Gasteiger partial charge in [-0.3, -0.25) is 14.5 Å². The van der Waals surface area contributed by atoms with E-state index in [-0.39, 0.29) is 5.76 Å². The maximum absolute atomic E-state index is 12.0. The van der Waals surface area contributed by atoms with Crippen LogP contribution in [0, 0.1) is 11.3 Å². The fourth-order valence-corrected chi connectivity index (χ4v) is 2.18. The van der Waals surface area contributed by atoms with Crippen molar-refractivity contribution in [1.82, 2.24) is 9.80 Å². The lowest BCUT2D eigenvalue weighted by atomic mass is 10.1. The highest BCUT2D eigenvalue weighted by Gasteiger charge is 2.52. The van der Waals surface area contributed by atoms with Gasteiger partial charge in [0.05, 0.1) is 0 Å². The molecule has 2 aliphatic heterocycles. The number of urea groups is 1. The summed E-state index contributed by atoms with van der Waals surface area (Å²) in [4.78, 5) is 36.8. The van der Waals surface area contributed by atoms with Gasteiger partial charge in [-0.15, -0.1) is 0 Å². The van der Waals surface area contributed by atoms with E-state index in [1.54, 1.807) is 0 Å². The lowest BCUT2D eigenvalue weighted by molar-refractivity contribution is -0.134. The number of amides is 4. The van der Waals surface area contributed by atoms with Crippen LogP contribution in [0.3, 0.4) is 0 Å². The number of allylic oxidation sites excluding steroid dienone is 1. The van der Waals surface area contributed by atoms with Crippen LogP contribution in [0.25, 0.3) is 0 Å². The van der Waals surface area contributed by atoms with Gasteiger partial charge in [-0.25, -0.2) is 9.69 Å². The third kappa shape index (κ3) is 1.62. The minimum Gasteiger partial charge on any atom is -0.458 e. The van der Waals surface area contributed by atoms with Crippen molar-refractivity contribution in [2.24, 2.45) is 0 Å². The van der Waals surface area contributed by atoms with Crippen LogP contribution in [0.1, 0.15) is 20.3 Å². The first-order valence-electron chi connectivity index (χ1n) is 5.38. The Morgan fingerprint density at radius 2 is 2.00 bits per heavy atom. The Morgan fingerprint density at radius 3 is 2.50 bits per heavy atom. The fraction of sp³-hybridized carbons (Fsp3) is 0.455. The molecule has 2 atom stereocenters. The normalized spacial score (nSPS) is 26.1. The number of ether oxygens (including phenoxy) is 1. The minimum absolute atomic E-state index is 0.0562. The first kappa shape index (κ1) is 12.1. The molecular weight excluding hydrogens is 238 g/mol. The minimum atomic E-state index is -0.904. The largest absolute Gasteiger partial charge is 0.458 e. The second-order valence-corrected chi connectivity index (χ2v) is 4.05. The average Bonchev–Trinajstić information content (AvgIpc) is 2.59. The average molecular weight is 249 g/mol. The Morgan fingerprint density at radius 1 is 1.39 bits per heavy atom. The second-order valence-electron chi connectivity index (χ2n) is 4.05. The smallest absolute Gasteiger partial charge is 0.336 e. The zero-order valence-corrected chi connectivity index (χ0v) is 9.91. The van der Waals surface area contributed by atoms with Crippen LogP contribution in [-0.2, 0) is 14.3 Å². The standard InChI is InChI=1S/C11H11N3O4/c1-6(15)13-9-4-3-8(5-12)18-10(9)14(7(2)16)11(13)17/h3,9-10H,4H2,1-2H3/t9-,10+/m1/s1. The summed E-state index contributed by atoms with van der Waals surface area (Å²) in [5, 5.41) is 8.76. The quantitative estimate of drug-likeness (QED) is 0.617. The lowest BCUT2D eigenvalue weighted by Crippen LogP contribution is -2.43. The molecule has 0 aromatic carbocycles. The summed E-state index contributed by atoms with van der Waals surface area (Å²) >= 11 is 0. The molecule has 0 bridgehead atoms. The highest BCUT2D eigenvalue weighted by molar-refractivity contribution is 6.03. The van der Waals surface area contributed by atoms with Gasteiger partial charge < -0.3 is 4.74 Å². The summed E-state index contributed by atoms with van der Waals surface area (Å²) in [6.45, 7) is 2.47. The fourth-order valence-electron chi connectivity index (χ4n) is 2.18. The van der Waals surface area contributed by atoms with Crippen molar-refractivity contribution in [3.05, 3.63) is 11.8 Å². The van der Waals surface area contributed by atoms with E-state index in [4.69, 9.17) is 10.00 Å². The molecule has 0 saturated carbocycles. The highest BCUT2D eigenvalue weighted by atomic mass is 16.5. The summed E-state index contributed by atoms with van der Waals surface area (Å²) in [6, 6.07) is 0.565. The maximum Gasteiger partial charge on any atom is 0.336 e. The summed E-state index contributed by atoms with van der Waals surface area (Å²) in [6.07, 6.45) is 0.912. The third-order valence-corrected chi connectivity index (χ3v) is 2.91. The van der Waals surface area contributed by atoms with E-state index < -0.39 is 30.1 Å². The molecule has 2 rings (SSSR count). The van der Waals surface area contributed by atoms with Crippen molar-refractivity contribution >= 4 is 17.8 Å². The molecule has 0 N–H and O–H groups in total. The van der Waals surface area contributed by atoms with Gasteiger partial charge in [0.2, 0.25) is 18.0 Å². The number of imide groups is 2. The van der Waals surface area contributed by atoms with E-state index in [0.29, 0.717) is 6.42 Å². The second kappa shape index (κ2) is 4.14. The Balaban J connectivity index is 2.40. The number of carbonyl (C=O) groups is 3. The molecule has 18 heavy (non-hydrogen) atoms. The molecule has 0 unspecified atom stereocenters. The molecular formula is C11H11N3O4. The molecule has 0 aromatic heterocycles. The lowest BCUT2D eigenvalue weighted by Gasteiger charge is -2.28. The first-order valence-corrected chi connectivity index (χ1v) is 5.38. The molecule has 0 aliphatic carbocycles. The molecule has 2 heterocycles. The third-order valence-electron chi connectivity index (χ3n) is 2.91. The van der Waals surface area contributed by atoms with Crippen LogP contribution < -0.4 is 0 Å². The zero-order chi connectivity index (χ0) is 13.4. The molecule has 0 radical (unpaired) electrons. The van der Waals surface area contributed by atoms with Crippen molar-refractivity contribution in [3.8, 4) is 6.07 Å². The molecule has 0 spiro atoms. The van der Waals surface area contributed by atoms with E-state index >= 15 is 0 Å². The predicted octanol–water partition coefficient (Wildman–Crippen LogP) is 0.339. The molecule has 1 fully saturated rings.